The second kappa shape index (κ2) is 9.80. The highest BCUT2D eigenvalue weighted by Crippen LogP contribution is 2.35. The summed E-state index contributed by atoms with van der Waals surface area (Å²) in [4.78, 5) is 17.4. The largest absolute Gasteiger partial charge is 0.381 e. The Bertz CT molecular complexity index is 757. The second-order valence-corrected chi connectivity index (χ2v) is 7.49. The van der Waals surface area contributed by atoms with E-state index >= 15 is 0 Å². The van der Waals surface area contributed by atoms with Gasteiger partial charge < -0.3 is 14.8 Å². The zero-order chi connectivity index (χ0) is 19.8. The summed E-state index contributed by atoms with van der Waals surface area (Å²) in [6, 6.07) is 12.4. The van der Waals surface area contributed by atoms with Gasteiger partial charge in [-0.05, 0) is 55.9 Å². The van der Waals surface area contributed by atoms with Gasteiger partial charge in [-0.15, -0.1) is 0 Å². The van der Waals surface area contributed by atoms with Crippen LogP contribution in [0.5, 0.6) is 0 Å². The summed E-state index contributed by atoms with van der Waals surface area (Å²) in [5.74, 6) is 0.106. The van der Waals surface area contributed by atoms with Gasteiger partial charge in [-0.3, -0.25) is 9.78 Å². The third kappa shape index (κ3) is 5.18. The molecule has 28 heavy (non-hydrogen) atoms. The van der Waals surface area contributed by atoms with Crippen molar-refractivity contribution in [1.82, 2.24) is 10.3 Å². The third-order valence-corrected chi connectivity index (χ3v) is 5.40. The van der Waals surface area contributed by atoms with E-state index in [1.54, 1.807) is 6.20 Å². The zero-order valence-electron chi connectivity index (χ0n) is 16.8. The van der Waals surface area contributed by atoms with E-state index in [0.29, 0.717) is 32.8 Å². The van der Waals surface area contributed by atoms with E-state index in [9.17, 15) is 4.79 Å². The predicted molar refractivity (Wildman–Crippen MR) is 110 cm³/mol. The summed E-state index contributed by atoms with van der Waals surface area (Å²) in [7, 11) is 0. The van der Waals surface area contributed by atoms with Crippen LogP contribution in [0.15, 0.2) is 48.8 Å². The van der Waals surface area contributed by atoms with Crippen molar-refractivity contribution in [1.29, 1.82) is 0 Å². The van der Waals surface area contributed by atoms with Crippen molar-refractivity contribution < 1.29 is 14.3 Å². The van der Waals surface area contributed by atoms with Crippen LogP contribution >= 0.6 is 0 Å². The number of amides is 1. The van der Waals surface area contributed by atoms with Crippen LogP contribution in [-0.4, -0.2) is 43.4 Å². The average molecular weight is 383 g/mol. The molecule has 3 rings (SSSR count). The molecule has 1 aromatic heterocycles. The lowest BCUT2D eigenvalue weighted by atomic mass is 9.74. The number of benzene rings is 1. The lowest BCUT2D eigenvalue weighted by Gasteiger charge is -2.36. The highest BCUT2D eigenvalue weighted by Gasteiger charge is 2.40. The first kappa shape index (κ1) is 20.5. The van der Waals surface area contributed by atoms with E-state index in [1.165, 1.54) is 0 Å². The van der Waals surface area contributed by atoms with Crippen LogP contribution < -0.4 is 5.32 Å². The van der Waals surface area contributed by atoms with Crippen molar-refractivity contribution in [3.8, 4) is 11.1 Å². The van der Waals surface area contributed by atoms with Gasteiger partial charge in [-0.2, -0.15) is 0 Å². The van der Waals surface area contributed by atoms with E-state index in [-0.39, 0.29) is 12.0 Å². The first-order valence-corrected chi connectivity index (χ1v) is 10.1. The third-order valence-electron chi connectivity index (χ3n) is 5.40. The van der Waals surface area contributed by atoms with Gasteiger partial charge >= 0.3 is 0 Å². The highest BCUT2D eigenvalue weighted by atomic mass is 16.5. The van der Waals surface area contributed by atoms with E-state index in [2.05, 4.69) is 40.6 Å². The molecule has 1 aliphatic rings. The van der Waals surface area contributed by atoms with Crippen molar-refractivity contribution in [2.45, 2.75) is 39.2 Å². The second-order valence-electron chi connectivity index (χ2n) is 7.49. The molecule has 5 heteroatoms. The van der Waals surface area contributed by atoms with Crippen molar-refractivity contribution in [3.63, 3.8) is 0 Å². The molecule has 150 valence electrons. The molecule has 1 atom stereocenters. The van der Waals surface area contributed by atoms with Gasteiger partial charge in [-0.1, -0.05) is 30.3 Å². The minimum Gasteiger partial charge on any atom is -0.381 e. The van der Waals surface area contributed by atoms with Crippen LogP contribution in [-0.2, 0) is 20.7 Å². The van der Waals surface area contributed by atoms with Crippen molar-refractivity contribution >= 4 is 5.91 Å². The smallest absolute Gasteiger partial charge is 0.226 e. The predicted octanol–water partition coefficient (Wildman–Crippen LogP) is 3.63. The van der Waals surface area contributed by atoms with Gasteiger partial charge in [0.1, 0.15) is 0 Å². The van der Waals surface area contributed by atoms with E-state index in [0.717, 1.165) is 29.5 Å². The normalized spacial score (nSPS) is 17.1. The van der Waals surface area contributed by atoms with E-state index < -0.39 is 5.41 Å². The lowest BCUT2D eigenvalue weighted by Crippen LogP contribution is -2.47. The Labute approximate surface area is 167 Å². The monoisotopic (exact) mass is 382 g/mol. The maximum atomic E-state index is 13.2. The Balaban J connectivity index is 1.76. The maximum absolute atomic E-state index is 13.2. The average Bonchev–Trinajstić information content (AvgIpc) is 2.74. The van der Waals surface area contributed by atoms with Crippen molar-refractivity contribution in [2.24, 2.45) is 5.41 Å². The zero-order valence-corrected chi connectivity index (χ0v) is 16.8. The number of nitrogens with zero attached hydrogens (tertiary/aromatic N) is 1. The number of rotatable bonds is 8. The summed E-state index contributed by atoms with van der Waals surface area (Å²) >= 11 is 0. The van der Waals surface area contributed by atoms with Crippen LogP contribution in [0.3, 0.4) is 0 Å². The van der Waals surface area contributed by atoms with E-state index in [4.69, 9.17) is 9.47 Å². The summed E-state index contributed by atoms with van der Waals surface area (Å²) in [6.07, 6.45) is 5.83. The fourth-order valence-electron chi connectivity index (χ4n) is 3.80. The molecular weight excluding hydrogens is 352 g/mol. The molecule has 1 aliphatic heterocycles. The molecule has 1 amide bonds. The highest BCUT2D eigenvalue weighted by molar-refractivity contribution is 5.83. The summed E-state index contributed by atoms with van der Waals surface area (Å²) < 4.78 is 11.1. The quantitative estimate of drug-likeness (QED) is 0.757. The van der Waals surface area contributed by atoms with Crippen LogP contribution in [0.25, 0.3) is 11.1 Å². The number of hydrogen-bond acceptors (Lipinski definition) is 4. The Morgan fingerprint density at radius 3 is 2.75 bits per heavy atom. The van der Waals surface area contributed by atoms with Gasteiger partial charge in [0.05, 0.1) is 11.5 Å². The fourth-order valence-corrected chi connectivity index (χ4v) is 3.80. The number of aromatic nitrogens is 1. The molecule has 0 radical (unpaired) electrons. The molecule has 0 aliphatic carbocycles. The Morgan fingerprint density at radius 1 is 1.25 bits per heavy atom. The molecule has 0 saturated carbocycles. The van der Waals surface area contributed by atoms with Crippen LogP contribution in [0.1, 0.15) is 32.3 Å². The summed E-state index contributed by atoms with van der Waals surface area (Å²) in [5, 5.41) is 3.11. The number of nitrogens with one attached hydrogen (secondary N) is 1. The molecule has 0 bridgehead atoms. The number of ether oxygens (including phenoxy) is 2. The molecule has 1 aromatic carbocycles. The van der Waals surface area contributed by atoms with Gasteiger partial charge in [0, 0.05) is 38.8 Å². The number of pyridine rings is 1. The molecule has 0 unspecified atom stereocenters. The maximum Gasteiger partial charge on any atom is 0.226 e. The van der Waals surface area contributed by atoms with Gasteiger partial charge in [0.2, 0.25) is 5.91 Å². The number of carbonyl (C=O) groups excluding carboxylic acids is 1. The summed E-state index contributed by atoms with van der Waals surface area (Å²) in [6.45, 7) is 6.38. The first-order chi connectivity index (χ1) is 13.6. The van der Waals surface area contributed by atoms with E-state index in [1.807, 2.05) is 26.1 Å². The minimum absolute atomic E-state index is 0.0137. The Morgan fingerprint density at radius 2 is 2.04 bits per heavy atom. The van der Waals surface area contributed by atoms with Crippen molar-refractivity contribution in [2.75, 3.05) is 26.4 Å². The van der Waals surface area contributed by atoms with Crippen LogP contribution in [0, 0.1) is 5.41 Å². The Hall–Kier alpha value is -2.24. The molecule has 1 saturated heterocycles. The summed E-state index contributed by atoms with van der Waals surface area (Å²) in [5.41, 5.74) is 2.94. The number of hydrogen-bond donors (Lipinski definition) is 1. The topological polar surface area (TPSA) is 60.5 Å². The van der Waals surface area contributed by atoms with Gasteiger partial charge in [-0.25, -0.2) is 0 Å². The molecule has 5 nitrogen and oxygen atoms in total. The Kier molecular flexibility index (Phi) is 7.18. The molecule has 1 N–H and O–H groups in total. The van der Waals surface area contributed by atoms with Gasteiger partial charge in [0.25, 0.3) is 0 Å². The molecule has 1 fully saturated rings. The lowest BCUT2D eigenvalue weighted by molar-refractivity contribution is -0.137. The fraction of sp³-hybridized carbons (Fsp3) is 0.478. The SMILES string of the molecule is CCO[C@@H](C)CNC(=O)C1(Cc2cccc(-c3cccnc3)c2)CCOCC1. The van der Waals surface area contributed by atoms with Crippen LogP contribution in [0.4, 0.5) is 0 Å². The van der Waals surface area contributed by atoms with Gasteiger partial charge in [0.15, 0.2) is 0 Å². The molecule has 0 spiro atoms. The first-order valence-electron chi connectivity index (χ1n) is 10.1. The molecular formula is C23H30N2O3. The molecule has 2 heterocycles. The standard InChI is InChI=1S/C23H30N2O3/c1-3-28-18(2)16-25-22(26)23(9-12-27-13-10-23)15-19-6-4-7-20(14-19)21-8-5-11-24-17-21/h4-8,11,14,17-18H,3,9-10,12-13,15-16H2,1-2H3,(H,25,26)/t18-/m0/s1. The van der Waals surface area contributed by atoms with Crippen molar-refractivity contribution in [3.05, 3.63) is 54.4 Å². The number of carbonyl (C=O) groups is 1. The molecule has 2 aromatic rings. The van der Waals surface area contributed by atoms with Crippen LogP contribution in [0.2, 0.25) is 0 Å². The minimum atomic E-state index is -0.433.